The maximum atomic E-state index is 8.51. The zero-order valence-electron chi connectivity index (χ0n) is 22.6. The van der Waals surface area contributed by atoms with Crippen molar-refractivity contribution in [3.63, 3.8) is 0 Å². The summed E-state index contributed by atoms with van der Waals surface area (Å²) >= 11 is 0. The van der Waals surface area contributed by atoms with Crippen LogP contribution in [0.3, 0.4) is 0 Å². The molecule has 0 aliphatic heterocycles. The van der Waals surface area contributed by atoms with Crippen LogP contribution in [0.2, 0.25) is 0 Å². The summed E-state index contributed by atoms with van der Waals surface area (Å²) in [7, 11) is 2.04. The van der Waals surface area contributed by atoms with Crippen molar-refractivity contribution in [2.24, 2.45) is 17.8 Å². The molecule has 1 aromatic rings. The van der Waals surface area contributed by atoms with Gasteiger partial charge in [0.15, 0.2) is 0 Å². The Balaban J connectivity index is 2.98. The lowest BCUT2D eigenvalue weighted by Crippen LogP contribution is -2.19. The number of nitrogens with one attached hydrogen (secondary N) is 3. The molecule has 5 unspecified atom stereocenters. The third kappa shape index (κ3) is 8.50. The van der Waals surface area contributed by atoms with E-state index in [2.05, 4.69) is 58.8 Å². The number of unbranched alkanes of at least 4 members (excludes halogenated alkanes) is 2. The molecule has 4 heteroatoms. The monoisotopic (exact) mass is 444 g/mol. The molecule has 184 valence electrons. The van der Waals surface area contributed by atoms with Crippen LogP contribution in [0.25, 0.3) is 0 Å². The lowest BCUT2D eigenvalue weighted by molar-refractivity contribution is 0.398. The van der Waals surface area contributed by atoms with Gasteiger partial charge >= 0.3 is 0 Å². The quantitative estimate of drug-likeness (QED) is 0.178. The largest absolute Gasteiger partial charge is 0.344 e. The van der Waals surface area contributed by atoms with E-state index in [0.717, 1.165) is 18.2 Å². The Morgan fingerprint density at radius 3 is 2.28 bits per heavy atom. The number of hydrogen-bond acceptors (Lipinski definition) is 3. The van der Waals surface area contributed by atoms with Gasteiger partial charge < -0.3 is 15.7 Å². The van der Waals surface area contributed by atoms with E-state index in [9.17, 15) is 0 Å². The second kappa shape index (κ2) is 14.7. The van der Waals surface area contributed by atoms with Gasteiger partial charge in [0.25, 0.3) is 0 Å². The molecule has 0 saturated carbocycles. The second-order valence-electron chi connectivity index (χ2n) is 10.2. The van der Waals surface area contributed by atoms with Gasteiger partial charge in [-0.15, -0.1) is 0 Å². The van der Waals surface area contributed by atoms with E-state index < -0.39 is 0 Å². The summed E-state index contributed by atoms with van der Waals surface area (Å²) in [4.78, 5) is 8.39. The molecule has 0 aliphatic carbocycles. The first-order valence-corrected chi connectivity index (χ1v) is 13.2. The standard InChI is InChI=1S/C28H52N4/c1-10-12-13-16-20(4)21(5)27(24(8)29)22(6)23(7)28-31-18-26(32-28)25(30-9)17-14-15-19(3)11-2/h18-21,23,25,29-30H,10-17H2,1-9H3,(H,31,32)/b27-22-,29-24?. The molecule has 0 spiro atoms. The third-order valence-electron chi connectivity index (χ3n) is 7.69. The highest BCUT2D eigenvalue weighted by atomic mass is 15.0. The Morgan fingerprint density at radius 2 is 1.72 bits per heavy atom. The van der Waals surface area contributed by atoms with Crippen LogP contribution in [0.5, 0.6) is 0 Å². The van der Waals surface area contributed by atoms with Gasteiger partial charge in [-0.25, -0.2) is 4.98 Å². The molecule has 0 aromatic carbocycles. The van der Waals surface area contributed by atoms with Crippen molar-refractivity contribution in [3.05, 3.63) is 28.9 Å². The highest BCUT2D eigenvalue weighted by molar-refractivity contribution is 5.97. The molecule has 32 heavy (non-hydrogen) atoms. The predicted octanol–water partition coefficient (Wildman–Crippen LogP) is 8.20. The molecule has 1 aromatic heterocycles. The molecule has 0 amide bonds. The SMILES string of the molecule is CCCCCC(C)C(C)/C(C(C)=N)=C(\C)C(C)c1ncc(C(CCCC(C)CC)NC)[nH]1. The van der Waals surface area contributed by atoms with Gasteiger partial charge in [-0.1, -0.05) is 92.1 Å². The number of hydrogen-bond donors (Lipinski definition) is 3. The number of aromatic amines is 1. The minimum absolute atomic E-state index is 0.182. The number of rotatable bonds is 16. The first-order chi connectivity index (χ1) is 15.2. The van der Waals surface area contributed by atoms with Crippen molar-refractivity contribution in [3.8, 4) is 0 Å². The van der Waals surface area contributed by atoms with E-state index in [1.54, 1.807) is 0 Å². The Morgan fingerprint density at radius 1 is 1.03 bits per heavy atom. The zero-order valence-corrected chi connectivity index (χ0v) is 22.6. The van der Waals surface area contributed by atoms with Crippen LogP contribution in [-0.4, -0.2) is 22.7 Å². The molecule has 0 fully saturated rings. The molecule has 3 N–H and O–H groups in total. The van der Waals surface area contributed by atoms with Crippen LogP contribution in [0.15, 0.2) is 17.3 Å². The van der Waals surface area contributed by atoms with Crippen molar-refractivity contribution in [2.75, 3.05) is 7.05 Å². The summed E-state index contributed by atoms with van der Waals surface area (Å²) in [5, 5.41) is 12.0. The molecule has 0 radical (unpaired) electrons. The van der Waals surface area contributed by atoms with E-state index in [0.29, 0.717) is 23.6 Å². The highest BCUT2D eigenvalue weighted by Crippen LogP contribution is 2.33. The van der Waals surface area contributed by atoms with Gasteiger partial charge in [0.05, 0.1) is 5.69 Å². The fourth-order valence-corrected chi connectivity index (χ4v) is 4.76. The van der Waals surface area contributed by atoms with Crippen molar-refractivity contribution in [1.29, 1.82) is 5.41 Å². The Labute approximate surface area is 199 Å². The molecular formula is C28H52N4. The fraction of sp³-hybridized carbons (Fsp3) is 0.786. The van der Waals surface area contributed by atoms with Crippen LogP contribution < -0.4 is 5.32 Å². The van der Waals surface area contributed by atoms with E-state index in [1.165, 1.54) is 61.8 Å². The number of nitrogens with zero attached hydrogens (tertiary/aromatic N) is 1. The highest BCUT2D eigenvalue weighted by Gasteiger charge is 2.24. The van der Waals surface area contributed by atoms with Gasteiger partial charge in [-0.3, -0.25) is 0 Å². The molecule has 0 saturated heterocycles. The third-order valence-corrected chi connectivity index (χ3v) is 7.69. The molecular weight excluding hydrogens is 392 g/mol. The van der Waals surface area contributed by atoms with Crippen LogP contribution in [-0.2, 0) is 0 Å². The number of imidazole rings is 1. The van der Waals surface area contributed by atoms with Gasteiger partial charge in [-0.05, 0) is 50.6 Å². The van der Waals surface area contributed by atoms with Crippen molar-refractivity contribution >= 4 is 5.71 Å². The number of allylic oxidation sites excluding steroid dienone is 2. The van der Waals surface area contributed by atoms with Crippen molar-refractivity contribution in [1.82, 2.24) is 15.3 Å². The molecule has 1 rings (SSSR count). The van der Waals surface area contributed by atoms with E-state index in [1.807, 2.05) is 20.2 Å². The Bertz CT molecular complexity index is 702. The van der Waals surface area contributed by atoms with E-state index >= 15 is 0 Å². The minimum Gasteiger partial charge on any atom is -0.344 e. The van der Waals surface area contributed by atoms with Crippen LogP contribution >= 0.6 is 0 Å². The summed E-state index contributed by atoms with van der Waals surface area (Å²) in [6.45, 7) is 17.9. The molecule has 5 atom stereocenters. The van der Waals surface area contributed by atoms with E-state index in [4.69, 9.17) is 10.4 Å². The summed E-state index contributed by atoms with van der Waals surface area (Å²) in [5.74, 6) is 2.98. The number of aromatic nitrogens is 2. The fourth-order valence-electron chi connectivity index (χ4n) is 4.76. The average Bonchev–Trinajstić information content (AvgIpc) is 3.25. The first kappa shape index (κ1) is 28.6. The molecule has 0 bridgehead atoms. The topological polar surface area (TPSA) is 64.6 Å². The maximum absolute atomic E-state index is 8.51. The lowest BCUT2D eigenvalue weighted by Gasteiger charge is -2.26. The molecule has 0 aliphatic rings. The number of H-pyrrole nitrogens is 1. The maximum Gasteiger partial charge on any atom is 0.113 e. The minimum atomic E-state index is 0.182. The van der Waals surface area contributed by atoms with Gasteiger partial charge in [-0.2, -0.15) is 0 Å². The Kier molecular flexibility index (Phi) is 13.1. The molecule has 1 heterocycles. The summed E-state index contributed by atoms with van der Waals surface area (Å²) in [6, 6.07) is 0.318. The average molecular weight is 445 g/mol. The predicted molar refractivity (Wildman–Crippen MR) is 141 cm³/mol. The Hall–Kier alpha value is -1.42. The summed E-state index contributed by atoms with van der Waals surface area (Å²) in [6.07, 6.45) is 12.0. The van der Waals surface area contributed by atoms with Crippen molar-refractivity contribution < 1.29 is 0 Å². The van der Waals surface area contributed by atoms with Crippen LogP contribution in [0.1, 0.15) is 130 Å². The van der Waals surface area contributed by atoms with Gasteiger partial charge in [0.1, 0.15) is 5.82 Å². The second-order valence-corrected chi connectivity index (χ2v) is 10.2. The zero-order chi connectivity index (χ0) is 24.3. The van der Waals surface area contributed by atoms with Crippen LogP contribution in [0.4, 0.5) is 0 Å². The smallest absolute Gasteiger partial charge is 0.113 e. The van der Waals surface area contributed by atoms with Gasteiger partial charge in [0.2, 0.25) is 0 Å². The first-order valence-electron chi connectivity index (χ1n) is 13.2. The molecule has 4 nitrogen and oxygen atoms in total. The van der Waals surface area contributed by atoms with E-state index in [-0.39, 0.29) is 5.92 Å². The lowest BCUT2D eigenvalue weighted by atomic mass is 9.79. The van der Waals surface area contributed by atoms with Gasteiger partial charge in [0, 0.05) is 23.9 Å². The summed E-state index contributed by atoms with van der Waals surface area (Å²) in [5.41, 5.74) is 4.39. The normalized spacial score (nSPS) is 17.4. The summed E-state index contributed by atoms with van der Waals surface area (Å²) < 4.78 is 0. The van der Waals surface area contributed by atoms with Crippen molar-refractivity contribution in [2.45, 2.75) is 119 Å². The van der Waals surface area contributed by atoms with Crippen LogP contribution in [0, 0.1) is 23.2 Å².